The predicted molar refractivity (Wildman–Crippen MR) is 66.0 cm³/mol. The molecule has 0 radical (unpaired) electrons. The van der Waals surface area contributed by atoms with Crippen LogP contribution in [0.15, 0.2) is 12.1 Å². The minimum absolute atomic E-state index is 0.338. The molecule has 0 saturated carbocycles. The molecule has 1 aromatic heterocycles. The second-order valence-electron chi connectivity index (χ2n) is 4.12. The Morgan fingerprint density at radius 3 is 1.90 bits per heavy atom. The van der Waals surface area contributed by atoms with E-state index in [1.165, 1.54) is 17.4 Å². The molecule has 0 fully saturated rings. The van der Waals surface area contributed by atoms with Crippen molar-refractivity contribution in [3.05, 3.63) is 56.5 Å². The van der Waals surface area contributed by atoms with Gasteiger partial charge in [0.2, 0.25) is 5.82 Å². The summed E-state index contributed by atoms with van der Waals surface area (Å²) in [5, 5.41) is 0. The van der Waals surface area contributed by atoms with E-state index in [-0.39, 0.29) is 0 Å². The molecular weight excluding hydrogens is 297 g/mol. The topological polar surface area (TPSA) is 26.0 Å². The second-order valence-corrected chi connectivity index (χ2v) is 5.32. The van der Waals surface area contributed by atoms with Gasteiger partial charge in [0.1, 0.15) is 0 Å². The number of hydrogen-bond donors (Lipinski definition) is 1. The fourth-order valence-electron chi connectivity index (χ4n) is 1.79. The van der Waals surface area contributed by atoms with Crippen molar-refractivity contribution in [1.82, 2.24) is 0 Å². The van der Waals surface area contributed by atoms with Crippen LogP contribution in [-0.2, 0) is 6.42 Å². The maximum atomic E-state index is 13.6. The zero-order valence-electron chi connectivity index (χ0n) is 10.3. The highest BCUT2D eigenvalue weighted by molar-refractivity contribution is 7.12. The Morgan fingerprint density at radius 1 is 0.950 bits per heavy atom. The molecule has 1 nitrogen and oxygen atoms in total. The number of thiophene rings is 1. The summed E-state index contributed by atoms with van der Waals surface area (Å²) in [6.07, 6.45) is 0.689. The lowest BCUT2D eigenvalue weighted by atomic mass is 10.0. The van der Waals surface area contributed by atoms with Gasteiger partial charge in [-0.15, -0.1) is 11.3 Å². The van der Waals surface area contributed by atoms with Crippen molar-refractivity contribution < 1.29 is 22.0 Å². The molecule has 0 aliphatic heterocycles. The summed E-state index contributed by atoms with van der Waals surface area (Å²) >= 11 is 1.17. The zero-order chi connectivity index (χ0) is 15.0. The van der Waals surface area contributed by atoms with E-state index in [1.807, 2.05) is 6.92 Å². The van der Waals surface area contributed by atoms with Gasteiger partial charge in [0.25, 0.3) is 0 Å². The SMILES string of the molecule is CCc1ccc(C(N)c2c(F)c(F)c(F)c(F)c2F)s1. The lowest BCUT2D eigenvalue weighted by Crippen LogP contribution is -2.18. The van der Waals surface area contributed by atoms with Gasteiger partial charge in [-0.05, 0) is 18.6 Å². The highest BCUT2D eigenvalue weighted by atomic mass is 32.1. The molecule has 0 spiro atoms. The largest absolute Gasteiger partial charge is 0.319 e. The number of nitrogens with two attached hydrogens (primary N) is 1. The van der Waals surface area contributed by atoms with Gasteiger partial charge in [0.05, 0.1) is 11.6 Å². The fourth-order valence-corrected chi connectivity index (χ4v) is 2.75. The van der Waals surface area contributed by atoms with E-state index in [0.29, 0.717) is 11.3 Å². The molecule has 1 heterocycles. The first-order chi connectivity index (χ1) is 9.38. The first-order valence-electron chi connectivity index (χ1n) is 5.74. The average molecular weight is 307 g/mol. The maximum absolute atomic E-state index is 13.6. The van der Waals surface area contributed by atoms with Gasteiger partial charge in [-0.25, -0.2) is 22.0 Å². The van der Waals surface area contributed by atoms with E-state index in [4.69, 9.17) is 5.73 Å². The van der Waals surface area contributed by atoms with Crippen LogP contribution < -0.4 is 5.73 Å². The monoisotopic (exact) mass is 307 g/mol. The third-order valence-electron chi connectivity index (χ3n) is 2.89. The minimum Gasteiger partial charge on any atom is -0.319 e. The Kier molecular flexibility index (Phi) is 4.10. The first-order valence-corrected chi connectivity index (χ1v) is 6.55. The maximum Gasteiger partial charge on any atom is 0.200 e. The summed E-state index contributed by atoms with van der Waals surface area (Å²) in [6.45, 7) is 1.87. The van der Waals surface area contributed by atoms with Crippen LogP contribution in [0.5, 0.6) is 0 Å². The van der Waals surface area contributed by atoms with Gasteiger partial charge >= 0.3 is 0 Å². The van der Waals surface area contributed by atoms with Crippen LogP contribution in [0, 0.1) is 29.1 Å². The number of hydrogen-bond acceptors (Lipinski definition) is 2. The molecule has 0 aliphatic rings. The molecular formula is C13H10F5NS. The van der Waals surface area contributed by atoms with Gasteiger partial charge in [-0.3, -0.25) is 0 Å². The van der Waals surface area contributed by atoms with E-state index >= 15 is 0 Å². The summed E-state index contributed by atoms with van der Waals surface area (Å²) in [5.74, 6) is -9.93. The molecule has 1 aromatic carbocycles. The second kappa shape index (κ2) is 5.49. The van der Waals surface area contributed by atoms with Gasteiger partial charge in [0, 0.05) is 9.75 Å². The van der Waals surface area contributed by atoms with Gasteiger partial charge in [-0.1, -0.05) is 6.92 Å². The Morgan fingerprint density at radius 2 is 1.45 bits per heavy atom. The van der Waals surface area contributed by atoms with Crippen LogP contribution in [0.1, 0.15) is 28.3 Å². The molecule has 108 valence electrons. The van der Waals surface area contributed by atoms with Crippen molar-refractivity contribution in [2.45, 2.75) is 19.4 Å². The standard InChI is InChI=1S/C13H10F5NS/c1-2-5-3-4-6(20-5)13(19)7-8(14)10(16)12(18)11(17)9(7)15/h3-4,13H,2,19H2,1H3. The number of rotatable bonds is 3. The lowest BCUT2D eigenvalue weighted by molar-refractivity contribution is 0.367. The van der Waals surface area contributed by atoms with Gasteiger partial charge in [0.15, 0.2) is 23.3 Å². The highest BCUT2D eigenvalue weighted by Gasteiger charge is 2.30. The summed E-state index contributed by atoms with van der Waals surface area (Å²) in [6, 6.07) is 1.82. The normalized spacial score (nSPS) is 12.8. The number of halogens is 5. The number of aryl methyl sites for hydroxylation is 1. The summed E-state index contributed by atoms with van der Waals surface area (Å²) in [5.41, 5.74) is 4.64. The van der Waals surface area contributed by atoms with Crippen molar-refractivity contribution in [3.63, 3.8) is 0 Å². The van der Waals surface area contributed by atoms with Crippen LogP contribution in [0.4, 0.5) is 22.0 Å². The smallest absolute Gasteiger partial charge is 0.200 e. The quantitative estimate of drug-likeness (QED) is 0.517. The molecule has 0 saturated heterocycles. The average Bonchev–Trinajstić information content (AvgIpc) is 2.92. The van der Waals surface area contributed by atoms with Crippen LogP contribution in [-0.4, -0.2) is 0 Å². The summed E-state index contributed by atoms with van der Waals surface area (Å²) in [4.78, 5) is 1.24. The van der Waals surface area contributed by atoms with Crippen LogP contribution in [0.3, 0.4) is 0 Å². The first kappa shape index (κ1) is 14.9. The van der Waals surface area contributed by atoms with Crippen LogP contribution in [0.25, 0.3) is 0 Å². The van der Waals surface area contributed by atoms with Crippen molar-refractivity contribution >= 4 is 11.3 Å². The number of benzene rings is 1. The molecule has 2 aromatic rings. The zero-order valence-corrected chi connectivity index (χ0v) is 11.1. The van der Waals surface area contributed by atoms with E-state index in [0.717, 1.165) is 4.88 Å². The van der Waals surface area contributed by atoms with Crippen molar-refractivity contribution in [3.8, 4) is 0 Å². The van der Waals surface area contributed by atoms with E-state index in [9.17, 15) is 22.0 Å². The molecule has 7 heteroatoms. The van der Waals surface area contributed by atoms with Crippen molar-refractivity contribution in [1.29, 1.82) is 0 Å². The molecule has 1 atom stereocenters. The predicted octanol–water partition coefficient (Wildman–Crippen LogP) is 4.05. The van der Waals surface area contributed by atoms with E-state index < -0.39 is 40.7 Å². The summed E-state index contributed by atoms with van der Waals surface area (Å²) < 4.78 is 66.5. The molecule has 20 heavy (non-hydrogen) atoms. The Bertz CT molecular complexity index is 623. The Hall–Kier alpha value is -1.47. The molecule has 0 aliphatic carbocycles. The Labute approximate surface area is 115 Å². The molecule has 1 unspecified atom stereocenters. The molecule has 2 N–H and O–H groups in total. The third-order valence-corrected chi connectivity index (χ3v) is 4.20. The van der Waals surface area contributed by atoms with Crippen molar-refractivity contribution in [2.75, 3.05) is 0 Å². The molecule has 2 rings (SSSR count). The van der Waals surface area contributed by atoms with Gasteiger partial charge < -0.3 is 5.73 Å². The highest BCUT2D eigenvalue weighted by Crippen LogP contribution is 2.33. The molecule has 0 amide bonds. The fraction of sp³-hybridized carbons (Fsp3) is 0.231. The van der Waals surface area contributed by atoms with Crippen LogP contribution in [0.2, 0.25) is 0 Å². The lowest BCUT2D eigenvalue weighted by Gasteiger charge is -2.14. The third kappa shape index (κ3) is 2.31. The molecule has 0 bridgehead atoms. The minimum atomic E-state index is -2.18. The summed E-state index contributed by atoms with van der Waals surface area (Å²) in [7, 11) is 0. The van der Waals surface area contributed by atoms with Crippen LogP contribution >= 0.6 is 11.3 Å². The van der Waals surface area contributed by atoms with E-state index in [1.54, 1.807) is 6.07 Å². The van der Waals surface area contributed by atoms with Crippen molar-refractivity contribution in [2.24, 2.45) is 5.73 Å². The van der Waals surface area contributed by atoms with E-state index in [2.05, 4.69) is 0 Å². The Balaban J connectivity index is 2.57. The van der Waals surface area contributed by atoms with Gasteiger partial charge in [-0.2, -0.15) is 0 Å².